The Labute approximate surface area is 131 Å². The molecule has 1 aliphatic rings. The van der Waals surface area contributed by atoms with Gasteiger partial charge in [0, 0.05) is 19.2 Å². The van der Waals surface area contributed by atoms with Crippen molar-refractivity contribution in [3.8, 4) is 11.5 Å². The summed E-state index contributed by atoms with van der Waals surface area (Å²) in [5.74, 6) is 1.37. The average Bonchev–Trinajstić information content (AvgIpc) is 2.59. The molecule has 1 fully saturated rings. The Morgan fingerprint density at radius 3 is 2.55 bits per heavy atom. The van der Waals surface area contributed by atoms with Crippen LogP contribution in [0.25, 0.3) is 0 Å². The van der Waals surface area contributed by atoms with Crippen LogP contribution in [0.1, 0.15) is 18.4 Å². The van der Waals surface area contributed by atoms with E-state index in [9.17, 15) is 4.79 Å². The largest absolute Gasteiger partial charge is 0.497 e. The van der Waals surface area contributed by atoms with Gasteiger partial charge in [-0.15, -0.1) is 0 Å². The zero-order valence-electron chi connectivity index (χ0n) is 13.4. The Kier molecular flexibility index (Phi) is 5.63. The van der Waals surface area contributed by atoms with E-state index < -0.39 is 5.60 Å². The van der Waals surface area contributed by atoms with Crippen LogP contribution in [0.15, 0.2) is 18.2 Å². The molecular formula is C16H24N2O4. The lowest BCUT2D eigenvalue weighted by molar-refractivity contribution is -0.146. The minimum absolute atomic E-state index is 0.0821. The van der Waals surface area contributed by atoms with E-state index in [4.69, 9.17) is 14.2 Å². The zero-order valence-corrected chi connectivity index (χ0v) is 13.4. The van der Waals surface area contributed by atoms with Crippen molar-refractivity contribution in [1.82, 2.24) is 10.6 Å². The molecule has 1 heterocycles. The van der Waals surface area contributed by atoms with Crippen LogP contribution in [0.4, 0.5) is 0 Å². The molecule has 0 saturated carbocycles. The number of nitrogens with one attached hydrogen (secondary N) is 2. The van der Waals surface area contributed by atoms with Crippen molar-refractivity contribution < 1.29 is 19.0 Å². The number of carbonyl (C=O) groups is 1. The van der Waals surface area contributed by atoms with Crippen molar-refractivity contribution >= 4 is 5.91 Å². The zero-order chi connectivity index (χ0) is 16.0. The van der Waals surface area contributed by atoms with Gasteiger partial charge in [0.1, 0.15) is 17.1 Å². The van der Waals surface area contributed by atoms with Crippen LogP contribution in [0, 0.1) is 0 Å². The molecule has 2 rings (SSSR count). The number of piperidine rings is 1. The number of ether oxygens (including phenoxy) is 3. The molecule has 1 amide bonds. The molecule has 0 aromatic heterocycles. The first-order valence-electron chi connectivity index (χ1n) is 7.40. The monoisotopic (exact) mass is 308 g/mol. The molecule has 6 nitrogen and oxygen atoms in total. The van der Waals surface area contributed by atoms with Gasteiger partial charge in [0.05, 0.1) is 14.2 Å². The van der Waals surface area contributed by atoms with Gasteiger partial charge in [-0.05, 0) is 44.1 Å². The van der Waals surface area contributed by atoms with E-state index in [1.165, 1.54) is 0 Å². The Balaban J connectivity index is 2.06. The molecule has 0 aliphatic carbocycles. The highest BCUT2D eigenvalue weighted by Gasteiger charge is 2.39. The molecule has 1 aromatic rings. The molecule has 1 saturated heterocycles. The third-order valence-electron chi connectivity index (χ3n) is 4.14. The number of benzene rings is 1. The van der Waals surface area contributed by atoms with E-state index in [0.717, 1.165) is 30.2 Å². The molecule has 0 spiro atoms. The van der Waals surface area contributed by atoms with Gasteiger partial charge >= 0.3 is 0 Å². The topological polar surface area (TPSA) is 68.8 Å². The van der Waals surface area contributed by atoms with Crippen LogP contribution in [-0.2, 0) is 16.1 Å². The summed E-state index contributed by atoms with van der Waals surface area (Å²) in [5.41, 5.74) is 0.132. The number of amides is 1. The van der Waals surface area contributed by atoms with Crippen molar-refractivity contribution in [3.63, 3.8) is 0 Å². The van der Waals surface area contributed by atoms with Gasteiger partial charge in [0.2, 0.25) is 0 Å². The first-order valence-corrected chi connectivity index (χ1v) is 7.40. The summed E-state index contributed by atoms with van der Waals surface area (Å²) in [6.45, 7) is 1.94. The van der Waals surface area contributed by atoms with Gasteiger partial charge in [0.15, 0.2) is 0 Å². The number of rotatable bonds is 6. The minimum atomic E-state index is -0.739. The molecule has 2 N–H and O–H groups in total. The highest BCUT2D eigenvalue weighted by Crippen LogP contribution is 2.25. The molecule has 0 bridgehead atoms. The van der Waals surface area contributed by atoms with E-state index in [-0.39, 0.29) is 5.91 Å². The number of methoxy groups -OCH3 is 3. The van der Waals surface area contributed by atoms with E-state index in [0.29, 0.717) is 19.4 Å². The molecular weight excluding hydrogens is 284 g/mol. The maximum absolute atomic E-state index is 12.5. The number of hydrogen-bond acceptors (Lipinski definition) is 5. The molecule has 0 radical (unpaired) electrons. The van der Waals surface area contributed by atoms with Crippen LogP contribution >= 0.6 is 0 Å². The summed E-state index contributed by atoms with van der Waals surface area (Å²) >= 11 is 0. The van der Waals surface area contributed by atoms with Gasteiger partial charge in [-0.2, -0.15) is 0 Å². The van der Waals surface area contributed by atoms with Gasteiger partial charge in [-0.3, -0.25) is 4.79 Å². The third kappa shape index (κ3) is 3.51. The Hall–Kier alpha value is -1.79. The third-order valence-corrected chi connectivity index (χ3v) is 4.14. The molecule has 22 heavy (non-hydrogen) atoms. The van der Waals surface area contributed by atoms with Crippen molar-refractivity contribution in [3.05, 3.63) is 23.8 Å². The van der Waals surface area contributed by atoms with Gasteiger partial charge < -0.3 is 24.8 Å². The summed E-state index contributed by atoms with van der Waals surface area (Å²) in [7, 11) is 4.81. The first kappa shape index (κ1) is 16.6. The highest BCUT2D eigenvalue weighted by atomic mass is 16.5. The summed E-state index contributed by atoms with van der Waals surface area (Å²) in [6, 6.07) is 5.52. The van der Waals surface area contributed by atoms with Crippen LogP contribution < -0.4 is 20.1 Å². The number of carbonyl (C=O) groups excluding carboxylic acids is 1. The van der Waals surface area contributed by atoms with Gasteiger partial charge in [-0.25, -0.2) is 0 Å². The molecule has 6 heteroatoms. The van der Waals surface area contributed by atoms with Crippen LogP contribution in [0.2, 0.25) is 0 Å². The first-order chi connectivity index (χ1) is 10.6. The summed E-state index contributed by atoms with van der Waals surface area (Å²) < 4.78 is 16.1. The van der Waals surface area contributed by atoms with E-state index in [2.05, 4.69) is 10.6 Å². The number of hydrogen-bond donors (Lipinski definition) is 2. The van der Waals surface area contributed by atoms with Crippen LogP contribution in [0.3, 0.4) is 0 Å². The lowest BCUT2D eigenvalue weighted by Crippen LogP contribution is -2.53. The van der Waals surface area contributed by atoms with Crippen molar-refractivity contribution in [2.45, 2.75) is 25.0 Å². The summed E-state index contributed by atoms with van der Waals surface area (Å²) in [5, 5.41) is 6.20. The fraction of sp³-hybridized carbons (Fsp3) is 0.562. The lowest BCUT2D eigenvalue weighted by atomic mass is 9.91. The highest BCUT2D eigenvalue weighted by molar-refractivity contribution is 5.85. The fourth-order valence-electron chi connectivity index (χ4n) is 2.71. The SMILES string of the molecule is COc1ccc(OC)c(CNC(=O)C2(OC)CCNCC2)c1. The predicted octanol–water partition coefficient (Wildman–Crippen LogP) is 1.09. The second-order valence-corrected chi connectivity index (χ2v) is 5.31. The van der Waals surface area contributed by atoms with E-state index in [1.54, 1.807) is 21.3 Å². The molecule has 122 valence electrons. The van der Waals surface area contributed by atoms with Gasteiger partial charge in [-0.1, -0.05) is 0 Å². The molecule has 1 aromatic carbocycles. The Morgan fingerprint density at radius 1 is 1.23 bits per heavy atom. The lowest BCUT2D eigenvalue weighted by Gasteiger charge is -2.34. The molecule has 0 unspecified atom stereocenters. The summed E-state index contributed by atoms with van der Waals surface area (Å²) in [4.78, 5) is 12.5. The minimum Gasteiger partial charge on any atom is -0.497 e. The maximum atomic E-state index is 12.5. The van der Waals surface area contributed by atoms with Gasteiger partial charge in [0.25, 0.3) is 5.91 Å². The smallest absolute Gasteiger partial charge is 0.252 e. The van der Waals surface area contributed by atoms with E-state index >= 15 is 0 Å². The Bertz CT molecular complexity index is 513. The van der Waals surface area contributed by atoms with E-state index in [1.807, 2.05) is 18.2 Å². The van der Waals surface area contributed by atoms with Crippen LogP contribution in [0.5, 0.6) is 11.5 Å². The molecule has 0 atom stereocenters. The van der Waals surface area contributed by atoms with Crippen LogP contribution in [-0.4, -0.2) is 45.9 Å². The summed E-state index contributed by atoms with van der Waals surface area (Å²) in [6.07, 6.45) is 1.34. The standard InChI is InChI=1S/C16H24N2O4/c1-20-13-4-5-14(21-2)12(10-13)11-18-15(19)16(22-3)6-8-17-9-7-16/h4-5,10,17H,6-9,11H2,1-3H3,(H,18,19). The van der Waals surface area contributed by atoms with Crippen molar-refractivity contribution in [2.24, 2.45) is 0 Å². The molecule has 1 aliphatic heterocycles. The van der Waals surface area contributed by atoms with Crippen molar-refractivity contribution in [1.29, 1.82) is 0 Å². The second kappa shape index (κ2) is 7.47. The maximum Gasteiger partial charge on any atom is 0.252 e. The Morgan fingerprint density at radius 2 is 1.95 bits per heavy atom. The quantitative estimate of drug-likeness (QED) is 0.823. The predicted molar refractivity (Wildman–Crippen MR) is 83.2 cm³/mol. The van der Waals surface area contributed by atoms with Crippen molar-refractivity contribution in [2.75, 3.05) is 34.4 Å². The second-order valence-electron chi connectivity index (χ2n) is 5.31. The normalized spacial score (nSPS) is 16.9. The fourth-order valence-corrected chi connectivity index (χ4v) is 2.71. The average molecular weight is 308 g/mol.